The van der Waals surface area contributed by atoms with Crippen LogP contribution >= 0.6 is 0 Å². The average molecular weight is 230 g/mol. The van der Waals surface area contributed by atoms with E-state index in [1.807, 2.05) is 7.05 Å². The van der Waals surface area contributed by atoms with Crippen LogP contribution in [-0.4, -0.2) is 49.4 Å². The fraction of sp³-hybridized carbons (Fsp3) is 0.909. The van der Waals surface area contributed by atoms with E-state index >= 15 is 0 Å². The van der Waals surface area contributed by atoms with Crippen LogP contribution in [0.4, 0.5) is 4.39 Å². The molecule has 0 saturated carbocycles. The first-order valence-electron chi connectivity index (χ1n) is 5.93. The zero-order valence-corrected chi connectivity index (χ0v) is 9.62. The molecule has 5 heteroatoms. The van der Waals surface area contributed by atoms with Gasteiger partial charge in [0.25, 0.3) is 0 Å². The summed E-state index contributed by atoms with van der Waals surface area (Å²) in [6.45, 7) is 1.18. The normalized spacial score (nSPS) is 35.8. The van der Waals surface area contributed by atoms with E-state index in [-0.39, 0.29) is 18.0 Å². The fourth-order valence-electron chi connectivity index (χ4n) is 2.33. The highest BCUT2D eigenvalue weighted by Gasteiger charge is 2.30. The van der Waals surface area contributed by atoms with Crippen molar-refractivity contribution in [3.8, 4) is 0 Å². The summed E-state index contributed by atoms with van der Waals surface area (Å²) in [5.41, 5.74) is 0. The highest BCUT2D eigenvalue weighted by atomic mass is 19.1. The maximum absolute atomic E-state index is 13.3. The minimum Gasteiger partial charge on any atom is -0.347 e. The number of carbonyl (C=O) groups excluding carboxylic acids is 1. The van der Waals surface area contributed by atoms with Crippen molar-refractivity contribution in [2.24, 2.45) is 0 Å². The first kappa shape index (κ1) is 11.8. The molecule has 0 bridgehead atoms. The van der Waals surface area contributed by atoms with Gasteiger partial charge in [-0.05, 0) is 19.3 Å². The van der Waals surface area contributed by atoms with Crippen LogP contribution in [0.25, 0.3) is 0 Å². The Hall–Kier alpha value is -0.680. The molecule has 16 heavy (non-hydrogen) atoms. The predicted molar refractivity (Wildman–Crippen MR) is 57.7 cm³/mol. The van der Waals surface area contributed by atoms with E-state index in [2.05, 4.69) is 5.32 Å². The molecule has 1 amide bonds. The molecule has 3 atom stereocenters. The molecular weight excluding hydrogens is 211 g/mol. The van der Waals surface area contributed by atoms with E-state index < -0.39 is 6.36 Å². The Balaban J connectivity index is 1.76. The smallest absolute Gasteiger partial charge is 0.222 e. The Labute approximate surface area is 95.1 Å². The van der Waals surface area contributed by atoms with Crippen molar-refractivity contribution < 1.29 is 13.9 Å². The van der Waals surface area contributed by atoms with E-state index in [1.54, 1.807) is 4.90 Å². The van der Waals surface area contributed by atoms with Gasteiger partial charge in [0.05, 0.1) is 12.6 Å². The lowest BCUT2D eigenvalue weighted by Gasteiger charge is -2.29. The first-order chi connectivity index (χ1) is 7.68. The molecule has 92 valence electrons. The number of ether oxygens (including phenoxy) is 1. The Morgan fingerprint density at radius 1 is 1.56 bits per heavy atom. The molecular formula is C11H19FN2O2. The molecule has 0 aromatic carbocycles. The van der Waals surface area contributed by atoms with Gasteiger partial charge in [0, 0.05) is 26.1 Å². The second-order valence-electron chi connectivity index (χ2n) is 4.58. The molecule has 2 aliphatic heterocycles. The fourth-order valence-corrected chi connectivity index (χ4v) is 2.33. The molecule has 2 saturated heterocycles. The predicted octanol–water partition coefficient (Wildman–Crippen LogP) is 0.671. The third kappa shape index (κ3) is 2.52. The lowest BCUT2D eigenvalue weighted by molar-refractivity contribution is -0.127. The van der Waals surface area contributed by atoms with Gasteiger partial charge < -0.3 is 15.0 Å². The Morgan fingerprint density at radius 3 is 3.00 bits per heavy atom. The summed E-state index contributed by atoms with van der Waals surface area (Å²) >= 11 is 0. The van der Waals surface area contributed by atoms with Crippen LogP contribution < -0.4 is 5.32 Å². The third-order valence-corrected chi connectivity index (χ3v) is 3.50. The number of hydrogen-bond acceptors (Lipinski definition) is 3. The van der Waals surface area contributed by atoms with E-state index in [4.69, 9.17) is 4.74 Å². The number of halogens is 1. The Bertz CT molecular complexity index is 262. The van der Waals surface area contributed by atoms with Gasteiger partial charge in [-0.25, -0.2) is 4.39 Å². The van der Waals surface area contributed by atoms with Gasteiger partial charge in [0.2, 0.25) is 12.3 Å². The van der Waals surface area contributed by atoms with Crippen molar-refractivity contribution in [1.29, 1.82) is 0 Å². The zero-order chi connectivity index (χ0) is 11.5. The molecule has 1 N–H and O–H groups in total. The molecule has 0 radical (unpaired) electrons. The summed E-state index contributed by atoms with van der Waals surface area (Å²) in [4.78, 5) is 13.1. The van der Waals surface area contributed by atoms with Crippen LogP contribution in [0.1, 0.15) is 25.7 Å². The SMILES string of the molecule is CN1C(=O)CCC1CNC1CCCOC1F. The van der Waals surface area contributed by atoms with Gasteiger partial charge in [-0.3, -0.25) is 4.79 Å². The van der Waals surface area contributed by atoms with E-state index in [0.717, 1.165) is 19.3 Å². The van der Waals surface area contributed by atoms with E-state index in [0.29, 0.717) is 19.6 Å². The summed E-state index contributed by atoms with van der Waals surface area (Å²) in [5.74, 6) is 0.184. The van der Waals surface area contributed by atoms with Crippen LogP contribution in [-0.2, 0) is 9.53 Å². The van der Waals surface area contributed by atoms with Crippen LogP contribution in [0.15, 0.2) is 0 Å². The van der Waals surface area contributed by atoms with Gasteiger partial charge in [0.1, 0.15) is 0 Å². The van der Waals surface area contributed by atoms with Crippen LogP contribution in [0, 0.1) is 0 Å². The largest absolute Gasteiger partial charge is 0.347 e. The minimum atomic E-state index is -1.20. The van der Waals surface area contributed by atoms with E-state index in [1.165, 1.54) is 0 Å². The summed E-state index contributed by atoms with van der Waals surface area (Å²) < 4.78 is 18.3. The van der Waals surface area contributed by atoms with Gasteiger partial charge >= 0.3 is 0 Å². The number of alkyl halides is 1. The van der Waals surface area contributed by atoms with Crippen molar-refractivity contribution in [1.82, 2.24) is 10.2 Å². The Kier molecular flexibility index (Phi) is 3.76. The van der Waals surface area contributed by atoms with Crippen molar-refractivity contribution in [3.63, 3.8) is 0 Å². The van der Waals surface area contributed by atoms with Crippen molar-refractivity contribution >= 4 is 5.91 Å². The number of likely N-dealkylation sites (tertiary alicyclic amines) is 1. The highest BCUT2D eigenvalue weighted by molar-refractivity contribution is 5.78. The number of amides is 1. The summed E-state index contributed by atoms with van der Waals surface area (Å²) in [7, 11) is 1.81. The molecule has 2 fully saturated rings. The first-order valence-corrected chi connectivity index (χ1v) is 5.93. The van der Waals surface area contributed by atoms with Gasteiger partial charge in [-0.1, -0.05) is 0 Å². The molecule has 0 aromatic heterocycles. The van der Waals surface area contributed by atoms with Crippen molar-refractivity contribution in [2.75, 3.05) is 20.2 Å². The second-order valence-corrected chi connectivity index (χ2v) is 4.58. The molecule has 2 aliphatic rings. The minimum absolute atomic E-state index is 0.184. The standard InChI is InChI=1S/C11H19FN2O2/c1-14-8(4-5-10(14)15)7-13-9-3-2-6-16-11(9)12/h8-9,11,13H,2-7H2,1H3. The Morgan fingerprint density at radius 2 is 2.38 bits per heavy atom. The second kappa shape index (κ2) is 5.10. The van der Waals surface area contributed by atoms with Gasteiger partial charge in [0.15, 0.2) is 0 Å². The molecule has 4 nitrogen and oxygen atoms in total. The average Bonchev–Trinajstić information content (AvgIpc) is 2.59. The molecule has 0 aromatic rings. The molecule has 0 aliphatic carbocycles. The number of likely N-dealkylation sites (N-methyl/N-ethyl adjacent to an activating group) is 1. The number of hydrogen-bond donors (Lipinski definition) is 1. The summed E-state index contributed by atoms with van der Waals surface area (Å²) in [6, 6.07) is -0.000483. The number of nitrogens with one attached hydrogen (secondary N) is 1. The topological polar surface area (TPSA) is 41.6 Å². The monoisotopic (exact) mass is 230 g/mol. The summed E-state index contributed by atoms with van der Waals surface area (Å²) in [5, 5.41) is 3.17. The molecule has 3 unspecified atom stereocenters. The van der Waals surface area contributed by atoms with E-state index in [9.17, 15) is 9.18 Å². The zero-order valence-electron chi connectivity index (χ0n) is 9.62. The quantitative estimate of drug-likeness (QED) is 0.775. The number of nitrogens with zero attached hydrogens (tertiary/aromatic N) is 1. The van der Waals surface area contributed by atoms with Crippen molar-refractivity contribution in [2.45, 2.75) is 44.1 Å². The number of rotatable bonds is 3. The van der Waals surface area contributed by atoms with Crippen LogP contribution in [0.3, 0.4) is 0 Å². The lowest BCUT2D eigenvalue weighted by atomic mass is 10.1. The van der Waals surface area contributed by atoms with Gasteiger partial charge in [-0.15, -0.1) is 0 Å². The maximum Gasteiger partial charge on any atom is 0.222 e. The molecule has 0 spiro atoms. The summed E-state index contributed by atoms with van der Waals surface area (Å²) in [6.07, 6.45) is 2.00. The van der Waals surface area contributed by atoms with Crippen molar-refractivity contribution in [3.05, 3.63) is 0 Å². The number of carbonyl (C=O) groups is 1. The highest BCUT2D eigenvalue weighted by Crippen LogP contribution is 2.18. The molecule has 2 rings (SSSR count). The van der Waals surface area contributed by atoms with Crippen LogP contribution in [0.2, 0.25) is 0 Å². The molecule has 2 heterocycles. The lowest BCUT2D eigenvalue weighted by Crippen LogP contribution is -2.47. The maximum atomic E-state index is 13.3. The third-order valence-electron chi connectivity index (χ3n) is 3.50. The van der Waals surface area contributed by atoms with Crippen LogP contribution in [0.5, 0.6) is 0 Å². The van der Waals surface area contributed by atoms with Gasteiger partial charge in [-0.2, -0.15) is 0 Å².